The van der Waals surface area contributed by atoms with Gasteiger partial charge in [-0.15, -0.1) is 0 Å². The molecule has 2 nitrogen and oxygen atoms in total. The number of hydrogen-bond acceptors (Lipinski definition) is 2. The molecule has 0 heterocycles. The lowest BCUT2D eigenvalue weighted by Gasteiger charge is -2.14. The smallest absolute Gasteiger partial charge is 0.133 e. The minimum atomic E-state index is 0.133. The molecule has 4 heteroatoms. The van der Waals surface area contributed by atoms with E-state index in [0.717, 1.165) is 38.5 Å². The van der Waals surface area contributed by atoms with Crippen molar-refractivity contribution in [2.24, 2.45) is 5.73 Å². The van der Waals surface area contributed by atoms with Crippen molar-refractivity contribution in [1.82, 2.24) is 0 Å². The largest absolute Gasteiger partial charge is 0.457 e. The number of rotatable bonds is 4. The lowest BCUT2D eigenvalue weighted by atomic mass is 10.1. The van der Waals surface area contributed by atoms with Gasteiger partial charge in [0.05, 0.1) is 0 Å². The van der Waals surface area contributed by atoms with Gasteiger partial charge in [-0.2, -0.15) is 0 Å². The molecule has 0 bridgehead atoms. The summed E-state index contributed by atoms with van der Waals surface area (Å²) in [5, 5.41) is 0.728. The number of ether oxygens (including phenoxy) is 1. The van der Waals surface area contributed by atoms with Gasteiger partial charge in [0, 0.05) is 15.5 Å². The van der Waals surface area contributed by atoms with Crippen LogP contribution in [0.2, 0.25) is 5.02 Å². The molecule has 2 N–H and O–H groups in total. The average Bonchev–Trinajstić information content (AvgIpc) is 2.36. The van der Waals surface area contributed by atoms with Gasteiger partial charge in [-0.25, -0.2) is 0 Å². The Hall–Kier alpha value is -1.03. The third kappa shape index (κ3) is 4.22. The molecule has 2 aromatic carbocycles. The van der Waals surface area contributed by atoms with Crippen LogP contribution in [0.1, 0.15) is 23.6 Å². The highest BCUT2D eigenvalue weighted by Gasteiger charge is 2.09. The molecule has 0 aromatic heterocycles. The Morgan fingerprint density at radius 3 is 2.33 bits per heavy atom. The number of hydrogen-bond donors (Lipinski definition) is 1. The molecule has 2 aromatic rings. The monoisotopic (exact) mass is 367 g/mol. The standard InChI is InChI=1S/C17H19BrClNO/c1-10-6-14(19)7-11(2)17(10)21-15-5-4-13(8-12(3)20)16(18)9-15/h4-7,9,12H,8,20H2,1-3H3. The molecule has 1 atom stereocenters. The summed E-state index contributed by atoms with van der Waals surface area (Å²) in [7, 11) is 0. The van der Waals surface area contributed by atoms with Gasteiger partial charge in [-0.1, -0.05) is 33.6 Å². The van der Waals surface area contributed by atoms with E-state index < -0.39 is 0 Å². The van der Waals surface area contributed by atoms with E-state index >= 15 is 0 Å². The van der Waals surface area contributed by atoms with Crippen molar-refractivity contribution in [2.45, 2.75) is 33.2 Å². The number of nitrogens with two attached hydrogens (primary N) is 1. The molecule has 0 aliphatic rings. The van der Waals surface area contributed by atoms with E-state index in [-0.39, 0.29) is 6.04 Å². The van der Waals surface area contributed by atoms with Crippen molar-refractivity contribution in [3.05, 3.63) is 56.5 Å². The molecule has 0 fully saturated rings. The van der Waals surface area contributed by atoms with Crippen molar-refractivity contribution >= 4 is 27.5 Å². The zero-order chi connectivity index (χ0) is 15.6. The summed E-state index contributed by atoms with van der Waals surface area (Å²) in [6, 6.07) is 9.94. The highest BCUT2D eigenvalue weighted by molar-refractivity contribution is 9.10. The van der Waals surface area contributed by atoms with Crippen molar-refractivity contribution < 1.29 is 4.74 Å². The van der Waals surface area contributed by atoms with Gasteiger partial charge in [0.15, 0.2) is 0 Å². The van der Waals surface area contributed by atoms with Crippen LogP contribution in [0, 0.1) is 13.8 Å². The zero-order valence-corrected chi connectivity index (χ0v) is 14.8. The summed E-state index contributed by atoms with van der Waals surface area (Å²) in [4.78, 5) is 0. The van der Waals surface area contributed by atoms with Crippen LogP contribution < -0.4 is 10.5 Å². The first-order valence-corrected chi connectivity index (χ1v) is 8.02. The second-order valence-corrected chi connectivity index (χ2v) is 6.70. The molecule has 0 radical (unpaired) electrons. The van der Waals surface area contributed by atoms with Gasteiger partial charge in [0.1, 0.15) is 11.5 Å². The first-order chi connectivity index (χ1) is 9.86. The summed E-state index contributed by atoms with van der Waals surface area (Å²) in [6.45, 7) is 5.98. The highest BCUT2D eigenvalue weighted by atomic mass is 79.9. The van der Waals surface area contributed by atoms with Crippen molar-refractivity contribution in [3.8, 4) is 11.5 Å². The minimum absolute atomic E-state index is 0.133. The molecule has 0 aliphatic heterocycles. The SMILES string of the molecule is Cc1cc(Cl)cc(C)c1Oc1ccc(CC(C)N)c(Br)c1. The van der Waals surface area contributed by atoms with Crippen molar-refractivity contribution in [2.75, 3.05) is 0 Å². The fourth-order valence-corrected chi connectivity index (χ4v) is 3.13. The predicted molar refractivity (Wildman–Crippen MR) is 92.5 cm³/mol. The highest BCUT2D eigenvalue weighted by Crippen LogP contribution is 2.33. The van der Waals surface area contributed by atoms with Crippen LogP contribution in [0.25, 0.3) is 0 Å². The molecule has 2 rings (SSSR count). The Balaban J connectivity index is 2.27. The number of benzene rings is 2. The second kappa shape index (κ2) is 6.82. The summed E-state index contributed by atoms with van der Waals surface area (Å²) in [5.41, 5.74) is 9.07. The van der Waals surface area contributed by atoms with E-state index in [9.17, 15) is 0 Å². The Bertz CT molecular complexity index is 632. The maximum atomic E-state index is 6.04. The molecule has 0 saturated carbocycles. The molecule has 21 heavy (non-hydrogen) atoms. The topological polar surface area (TPSA) is 35.2 Å². The first-order valence-electron chi connectivity index (χ1n) is 6.85. The molecule has 0 spiro atoms. The van der Waals surface area contributed by atoms with E-state index in [1.807, 2.05) is 51.1 Å². The lowest BCUT2D eigenvalue weighted by molar-refractivity contribution is 0.474. The molecular formula is C17H19BrClNO. The van der Waals surface area contributed by atoms with Gasteiger partial charge >= 0.3 is 0 Å². The van der Waals surface area contributed by atoms with Gasteiger partial charge in [-0.3, -0.25) is 0 Å². The van der Waals surface area contributed by atoms with Crippen LogP contribution in [0.5, 0.6) is 11.5 Å². The third-order valence-electron chi connectivity index (χ3n) is 3.21. The van der Waals surface area contributed by atoms with Gasteiger partial charge < -0.3 is 10.5 Å². The van der Waals surface area contributed by atoms with Crippen LogP contribution in [0.4, 0.5) is 0 Å². The van der Waals surface area contributed by atoms with Crippen LogP contribution in [0.3, 0.4) is 0 Å². The van der Waals surface area contributed by atoms with E-state index in [1.165, 1.54) is 5.56 Å². The van der Waals surface area contributed by atoms with Crippen LogP contribution in [0.15, 0.2) is 34.8 Å². The Labute approximate surface area is 139 Å². The number of aryl methyl sites for hydroxylation is 2. The quantitative estimate of drug-likeness (QED) is 0.784. The molecular weight excluding hydrogens is 350 g/mol. The van der Waals surface area contributed by atoms with Crippen LogP contribution in [-0.2, 0) is 6.42 Å². The summed E-state index contributed by atoms with van der Waals surface area (Å²) in [6.07, 6.45) is 0.833. The number of halogens is 2. The third-order valence-corrected chi connectivity index (χ3v) is 4.17. The summed E-state index contributed by atoms with van der Waals surface area (Å²) in [5.74, 6) is 1.65. The van der Waals surface area contributed by atoms with E-state index in [2.05, 4.69) is 15.9 Å². The minimum Gasteiger partial charge on any atom is -0.457 e. The van der Waals surface area contributed by atoms with Crippen LogP contribution in [-0.4, -0.2) is 6.04 Å². The summed E-state index contributed by atoms with van der Waals surface area (Å²) < 4.78 is 7.03. The van der Waals surface area contributed by atoms with E-state index in [1.54, 1.807) is 0 Å². The maximum Gasteiger partial charge on any atom is 0.133 e. The van der Waals surface area contributed by atoms with Crippen LogP contribution >= 0.6 is 27.5 Å². The van der Waals surface area contributed by atoms with Gasteiger partial charge in [0.25, 0.3) is 0 Å². The normalized spacial score (nSPS) is 12.3. The summed E-state index contributed by atoms with van der Waals surface area (Å²) >= 11 is 9.63. The van der Waals surface area contributed by atoms with Gasteiger partial charge in [0.2, 0.25) is 0 Å². The first kappa shape index (κ1) is 16.3. The molecule has 0 aliphatic carbocycles. The molecule has 0 saturated heterocycles. The molecule has 0 amide bonds. The Morgan fingerprint density at radius 2 is 1.81 bits per heavy atom. The fourth-order valence-electron chi connectivity index (χ4n) is 2.28. The lowest BCUT2D eigenvalue weighted by Crippen LogP contribution is -2.17. The van der Waals surface area contributed by atoms with Crippen molar-refractivity contribution in [3.63, 3.8) is 0 Å². The fraction of sp³-hybridized carbons (Fsp3) is 0.294. The second-order valence-electron chi connectivity index (χ2n) is 5.41. The molecule has 1 unspecified atom stereocenters. The van der Waals surface area contributed by atoms with E-state index in [0.29, 0.717) is 0 Å². The Kier molecular flexibility index (Phi) is 5.31. The predicted octanol–water partition coefficient (Wildman–Crippen LogP) is 5.40. The van der Waals surface area contributed by atoms with Crippen molar-refractivity contribution in [1.29, 1.82) is 0 Å². The molecule has 112 valence electrons. The Morgan fingerprint density at radius 1 is 1.19 bits per heavy atom. The van der Waals surface area contributed by atoms with E-state index in [4.69, 9.17) is 22.1 Å². The maximum absolute atomic E-state index is 6.04. The average molecular weight is 369 g/mol. The van der Waals surface area contributed by atoms with Gasteiger partial charge in [-0.05, 0) is 68.1 Å². The zero-order valence-electron chi connectivity index (χ0n) is 12.4.